The second kappa shape index (κ2) is 6.35. The molecule has 2 heterocycles. The third-order valence-corrected chi connectivity index (χ3v) is 5.17. The molecule has 0 N–H and O–H groups in total. The van der Waals surface area contributed by atoms with Gasteiger partial charge in [-0.15, -0.1) is 10.2 Å². The Hall–Kier alpha value is -1.63. The summed E-state index contributed by atoms with van der Waals surface area (Å²) in [5, 5.41) is 11.2. The monoisotopic (exact) mass is 377 g/mol. The van der Waals surface area contributed by atoms with E-state index in [1.165, 1.54) is 11.8 Å². The van der Waals surface area contributed by atoms with Crippen LogP contribution in [0.4, 0.5) is 0 Å². The molecule has 1 aliphatic carbocycles. The summed E-state index contributed by atoms with van der Waals surface area (Å²) in [6.07, 6.45) is 2.27. The van der Waals surface area contributed by atoms with Gasteiger partial charge in [-0.2, -0.15) is 0 Å². The minimum Gasteiger partial charge on any atom is -0.305 e. The molecule has 4 rings (SSSR count). The first kappa shape index (κ1) is 15.9. The van der Waals surface area contributed by atoms with E-state index in [-0.39, 0.29) is 0 Å². The molecule has 24 heavy (non-hydrogen) atoms. The number of benzene rings is 1. The van der Waals surface area contributed by atoms with Gasteiger partial charge in [0.25, 0.3) is 0 Å². The number of aromatic nitrogens is 5. The Balaban J connectivity index is 1.63. The molecule has 5 nitrogen and oxygen atoms in total. The Kier molecular flexibility index (Phi) is 4.20. The molecule has 1 fully saturated rings. The molecule has 0 saturated heterocycles. The molecular formula is C16H13Cl2N5S. The quantitative estimate of drug-likeness (QED) is 0.621. The Bertz CT molecular complexity index is 890. The summed E-state index contributed by atoms with van der Waals surface area (Å²) in [5.41, 5.74) is 0.959. The number of halogens is 2. The molecule has 1 aromatic carbocycles. The molecule has 0 aliphatic heterocycles. The van der Waals surface area contributed by atoms with Crippen LogP contribution in [0, 0.1) is 0 Å². The molecular weight excluding hydrogens is 365 g/mol. The Morgan fingerprint density at radius 1 is 1.08 bits per heavy atom. The topological polar surface area (TPSA) is 56.5 Å². The highest BCUT2D eigenvalue weighted by Crippen LogP contribution is 2.39. The molecule has 0 amide bonds. The van der Waals surface area contributed by atoms with Gasteiger partial charge in [0.05, 0.1) is 0 Å². The fourth-order valence-corrected chi connectivity index (χ4v) is 3.52. The second-order valence-electron chi connectivity index (χ2n) is 5.64. The molecule has 0 bridgehead atoms. The van der Waals surface area contributed by atoms with Gasteiger partial charge in [0.15, 0.2) is 11.0 Å². The van der Waals surface area contributed by atoms with E-state index in [9.17, 15) is 0 Å². The summed E-state index contributed by atoms with van der Waals surface area (Å²) >= 11 is 13.5. The average Bonchev–Trinajstić information content (AvgIpc) is 3.34. The largest absolute Gasteiger partial charge is 0.305 e. The first-order valence-corrected chi connectivity index (χ1v) is 9.05. The lowest BCUT2D eigenvalue weighted by atomic mass is 10.2. The first-order chi connectivity index (χ1) is 11.6. The van der Waals surface area contributed by atoms with Crippen LogP contribution in [0.5, 0.6) is 0 Å². The molecule has 0 spiro atoms. The van der Waals surface area contributed by atoms with Crippen molar-refractivity contribution in [2.24, 2.45) is 7.05 Å². The molecule has 1 aliphatic rings. The van der Waals surface area contributed by atoms with Crippen LogP contribution in [0.3, 0.4) is 0 Å². The van der Waals surface area contributed by atoms with Crippen LogP contribution >= 0.6 is 35.0 Å². The van der Waals surface area contributed by atoms with Gasteiger partial charge in [0, 0.05) is 29.6 Å². The molecule has 1 saturated carbocycles. The van der Waals surface area contributed by atoms with Gasteiger partial charge in [-0.25, -0.2) is 9.97 Å². The van der Waals surface area contributed by atoms with Gasteiger partial charge in [-0.05, 0) is 48.9 Å². The first-order valence-electron chi connectivity index (χ1n) is 7.48. The highest BCUT2D eigenvalue weighted by Gasteiger charge is 2.27. The zero-order valence-electron chi connectivity index (χ0n) is 12.8. The van der Waals surface area contributed by atoms with E-state index in [2.05, 4.69) is 20.2 Å². The van der Waals surface area contributed by atoms with Gasteiger partial charge in [0.1, 0.15) is 16.0 Å². The predicted octanol–water partition coefficient (Wildman–Crippen LogP) is 4.61. The van der Waals surface area contributed by atoms with E-state index >= 15 is 0 Å². The van der Waals surface area contributed by atoms with Gasteiger partial charge in [-0.3, -0.25) is 0 Å². The highest BCUT2D eigenvalue weighted by molar-refractivity contribution is 7.99. The molecule has 3 aromatic rings. The molecule has 0 radical (unpaired) electrons. The van der Waals surface area contributed by atoms with Gasteiger partial charge in [0.2, 0.25) is 0 Å². The van der Waals surface area contributed by atoms with Gasteiger partial charge in [-0.1, -0.05) is 23.2 Å². The summed E-state index contributed by atoms with van der Waals surface area (Å²) in [7, 11) is 1.93. The summed E-state index contributed by atoms with van der Waals surface area (Å²) in [6.45, 7) is 0. The van der Waals surface area contributed by atoms with Crippen LogP contribution in [0.15, 0.2) is 40.5 Å². The summed E-state index contributed by atoms with van der Waals surface area (Å²) in [4.78, 5) is 8.90. The maximum atomic E-state index is 6.12. The fourth-order valence-electron chi connectivity index (χ4n) is 2.34. The lowest BCUT2D eigenvalue weighted by Crippen LogP contribution is -1.97. The van der Waals surface area contributed by atoms with Crippen LogP contribution in [-0.2, 0) is 7.05 Å². The van der Waals surface area contributed by atoms with Crippen molar-refractivity contribution in [2.45, 2.75) is 28.9 Å². The van der Waals surface area contributed by atoms with Crippen molar-refractivity contribution in [3.63, 3.8) is 0 Å². The van der Waals surface area contributed by atoms with Gasteiger partial charge >= 0.3 is 0 Å². The Labute approximate surface area is 153 Å². The Morgan fingerprint density at radius 2 is 1.83 bits per heavy atom. The number of hydrogen-bond donors (Lipinski definition) is 0. The zero-order valence-corrected chi connectivity index (χ0v) is 15.1. The number of nitrogens with zero attached hydrogens (tertiary/aromatic N) is 5. The SMILES string of the molecule is Cn1c(Sc2cc(Cl)nc(C3CC3)n2)nnc1-c1ccc(Cl)cc1. The van der Waals surface area contributed by atoms with Crippen LogP contribution in [0.25, 0.3) is 11.4 Å². The van der Waals surface area contributed by atoms with Crippen molar-refractivity contribution in [3.8, 4) is 11.4 Å². The van der Waals surface area contributed by atoms with Crippen LogP contribution in [-0.4, -0.2) is 24.7 Å². The van der Waals surface area contributed by atoms with E-state index in [4.69, 9.17) is 23.2 Å². The van der Waals surface area contributed by atoms with Crippen LogP contribution in [0.2, 0.25) is 10.2 Å². The number of rotatable bonds is 4. The predicted molar refractivity (Wildman–Crippen MR) is 94.6 cm³/mol. The van der Waals surface area contributed by atoms with Crippen molar-refractivity contribution in [1.82, 2.24) is 24.7 Å². The highest BCUT2D eigenvalue weighted by atomic mass is 35.5. The van der Waals surface area contributed by atoms with E-state index in [1.54, 1.807) is 6.07 Å². The van der Waals surface area contributed by atoms with E-state index in [0.29, 0.717) is 16.1 Å². The minimum absolute atomic E-state index is 0.451. The average molecular weight is 378 g/mol. The summed E-state index contributed by atoms with van der Waals surface area (Å²) in [5.74, 6) is 2.05. The third-order valence-electron chi connectivity index (χ3n) is 3.76. The Morgan fingerprint density at radius 3 is 2.54 bits per heavy atom. The normalized spacial score (nSPS) is 14.1. The fraction of sp³-hybridized carbons (Fsp3) is 0.250. The van der Waals surface area contributed by atoms with E-state index in [0.717, 1.165) is 40.2 Å². The summed E-state index contributed by atoms with van der Waals surface area (Å²) in [6, 6.07) is 9.28. The second-order valence-corrected chi connectivity index (χ2v) is 7.45. The lowest BCUT2D eigenvalue weighted by molar-refractivity contribution is 0.789. The van der Waals surface area contributed by atoms with E-state index < -0.39 is 0 Å². The van der Waals surface area contributed by atoms with Crippen molar-refractivity contribution in [3.05, 3.63) is 46.3 Å². The smallest absolute Gasteiger partial charge is 0.197 e. The standard InChI is InChI=1S/C16H13Cl2N5S/c1-23-15(10-4-6-11(17)7-5-10)21-22-16(23)24-13-8-12(18)19-14(20-13)9-2-3-9/h4-9H,2-3H2,1H3. The van der Waals surface area contributed by atoms with Crippen molar-refractivity contribution in [1.29, 1.82) is 0 Å². The van der Waals surface area contributed by atoms with Crippen molar-refractivity contribution < 1.29 is 0 Å². The van der Waals surface area contributed by atoms with Crippen LogP contribution < -0.4 is 0 Å². The van der Waals surface area contributed by atoms with Crippen LogP contribution in [0.1, 0.15) is 24.6 Å². The maximum Gasteiger partial charge on any atom is 0.197 e. The molecule has 122 valence electrons. The molecule has 0 unspecified atom stereocenters. The number of hydrogen-bond acceptors (Lipinski definition) is 5. The molecule has 2 aromatic heterocycles. The third kappa shape index (κ3) is 3.27. The van der Waals surface area contributed by atoms with E-state index in [1.807, 2.05) is 35.9 Å². The van der Waals surface area contributed by atoms with Crippen molar-refractivity contribution >= 4 is 35.0 Å². The minimum atomic E-state index is 0.451. The molecule has 8 heteroatoms. The lowest BCUT2D eigenvalue weighted by Gasteiger charge is -2.05. The summed E-state index contributed by atoms with van der Waals surface area (Å²) < 4.78 is 1.93. The molecule has 0 atom stereocenters. The zero-order chi connectivity index (χ0) is 16.7. The van der Waals surface area contributed by atoms with Crippen molar-refractivity contribution in [2.75, 3.05) is 0 Å². The maximum absolute atomic E-state index is 6.12. The van der Waals surface area contributed by atoms with Gasteiger partial charge < -0.3 is 4.57 Å².